The van der Waals surface area contributed by atoms with E-state index in [1.165, 1.54) is 23.0 Å². The number of allylic oxidation sites excluding steroid dienone is 1. The molecule has 1 aliphatic rings. The van der Waals surface area contributed by atoms with Gasteiger partial charge in [0.1, 0.15) is 5.75 Å². The lowest BCUT2D eigenvalue weighted by atomic mass is 9.95. The maximum absolute atomic E-state index is 13.8. The molecule has 0 saturated carbocycles. The standard InChI is InChI=1S/C26H24Br2N2O6S/c1-6-36-25(32)21-13(2)29-26-30(22(21)15-7-8-18(33-3)19(12-15)34-4)24(31)20(37-26)11-14-9-16(27)23(35-5)17(28)10-14/h7-12,22H,6H2,1-5H3/b20-11-/t22-/m1/s1. The minimum atomic E-state index is -0.758. The first-order chi connectivity index (χ1) is 17.7. The first-order valence-corrected chi connectivity index (χ1v) is 13.6. The SMILES string of the molecule is CCOC(=O)C1=C(C)N=c2s/c(=C\c3cc(Br)c(OC)c(Br)c3)c(=O)n2[C@@H]1c1ccc(OC)c(OC)c1. The topological polar surface area (TPSA) is 88.4 Å². The van der Waals surface area contributed by atoms with Crippen LogP contribution in [0.1, 0.15) is 31.0 Å². The van der Waals surface area contributed by atoms with Crippen LogP contribution in [0.3, 0.4) is 0 Å². The van der Waals surface area contributed by atoms with E-state index in [0.29, 0.717) is 43.4 Å². The molecule has 0 radical (unpaired) electrons. The van der Waals surface area contributed by atoms with Crippen LogP contribution in [0.5, 0.6) is 17.2 Å². The van der Waals surface area contributed by atoms with Gasteiger partial charge in [0.05, 0.1) is 58.7 Å². The van der Waals surface area contributed by atoms with Gasteiger partial charge in [0.2, 0.25) is 0 Å². The van der Waals surface area contributed by atoms with Gasteiger partial charge in [-0.3, -0.25) is 9.36 Å². The maximum Gasteiger partial charge on any atom is 0.338 e. The first-order valence-electron chi connectivity index (χ1n) is 11.2. The summed E-state index contributed by atoms with van der Waals surface area (Å²) in [5, 5.41) is 0. The number of benzene rings is 2. The molecule has 11 heteroatoms. The van der Waals surface area contributed by atoms with E-state index in [0.717, 1.165) is 14.5 Å². The van der Waals surface area contributed by atoms with Gasteiger partial charge in [0.15, 0.2) is 16.3 Å². The molecule has 0 unspecified atom stereocenters. The van der Waals surface area contributed by atoms with Gasteiger partial charge in [-0.2, -0.15) is 0 Å². The Bertz CT molecular complexity index is 1570. The summed E-state index contributed by atoms with van der Waals surface area (Å²) in [6, 6.07) is 8.28. The lowest BCUT2D eigenvalue weighted by Crippen LogP contribution is -2.40. The first kappa shape index (κ1) is 27.2. The fourth-order valence-electron chi connectivity index (χ4n) is 4.14. The highest BCUT2D eigenvalue weighted by atomic mass is 79.9. The molecule has 0 N–H and O–H groups in total. The predicted molar refractivity (Wildman–Crippen MR) is 148 cm³/mol. The van der Waals surface area contributed by atoms with Crippen LogP contribution in [0, 0.1) is 0 Å². The quantitative estimate of drug-likeness (QED) is 0.353. The third-order valence-corrected chi connectivity index (χ3v) is 7.92. The van der Waals surface area contributed by atoms with Gasteiger partial charge in [-0.25, -0.2) is 9.79 Å². The Kier molecular flexibility index (Phi) is 8.25. The van der Waals surface area contributed by atoms with Gasteiger partial charge < -0.3 is 18.9 Å². The van der Waals surface area contributed by atoms with E-state index < -0.39 is 12.0 Å². The summed E-state index contributed by atoms with van der Waals surface area (Å²) in [5.41, 5.74) is 1.95. The Hall–Kier alpha value is -2.89. The van der Waals surface area contributed by atoms with Crippen molar-refractivity contribution < 1.29 is 23.7 Å². The number of rotatable bonds is 7. The number of carbonyl (C=O) groups excluding carboxylic acids is 1. The van der Waals surface area contributed by atoms with Crippen molar-refractivity contribution in [1.82, 2.24) is 4.57 Å². The number of thiazole rings is 1. The molecular weight excluding hydrogens is 628 g/mol. The van der Waals surface area contributed by atoms with Crippen molar-refractivity contribution >= 4 is 55.2 Å². The Morgan fingerprint density at radius 2 is 1.76 bits per heavy atom. The van der Waals surface area contributed by atoms with Crippen molar-refractivity contribution in [2.45, 2.75) is 19.9 Å². The van der Waals surface area contributed by atoms with Crippen molar-refractivity contribution in [2.75, 3.05) is 27.9 Å². The van der Waals surface area contributed by atoms with E-state index in [9.17, 15) is 9.59 Å². The highest BCUT2D eigenvalue weighted by Gasteiger charge is 2.34. The molecule has 0 spiro atoms. The number of fused-ring (bicyclic) bond motifs is 1. The molecule has 0 saturated heterocycles. The molecule has 1 atom stereocenters. The van der Waals surface area contributed by atoms with Crippen LogP contribution in [0.2, 0.25) is 0 Å². The Labute approximate surface area is 234 Å². The van der Waals surface area contributed by atoms with E-state index in [1.54, 1.807) is 52.3 Å². The zero-order valence-electron chi connectivity index (χ0n) is 20.8. The summed E-state index contributed by atoms with van der Waals surface area (Å²) in [7, 11) is 4.66. The minimum Gasteiger partial charge on any atom is -0.494 e. The Morgan fingerprint density at radius 1 is 1.08 bits per heavy atom. The molecule has 37 heavy (non-hydrogen) atoms. The van der Waals surface area contributed by atoms with E-state index in [1.807, 2.05) is 12.1 Å². The number of hydrogen-bond acceptors (Lipinski definition) is 8. The molecule has 194 valence electrons. The van der Waals surface area contributed by atoms with Crippen LogP contribution in [-0.4, -0.2) is 38.5 Å². The molecule has 2 heterocycles. The second kappa shape index (κ2) is 11.2. The average molecular weight is 652 g/mol. The van der Waals surface area contributed by atoms with E-state index in [4.69, 9.17) is 18.9 Å². The van der Waals surface area contributed by atoms with Crippen LogP contribution in [0.15, 0.2) is 60.3 Å². The van der Waals surface area contributed by atoms with Crippen molar-refractivity contribution in [3.8, 4) is 17.2 Å². The van der Waals surface area contributed by atoms with E-state index >= 15 is 0 Å². The van der Waals surface area contributed by atoms with E-state index in [2.05, 4.69) is 36.9 Å². The summed E-state index contributed by atoms with van der Waals surface area (Å²) in [6.45, 7) is 3.67. The molecule has 0 fully saturated rings. The fraction of sp³-hybridized carbons (Fsp3) is 0.269. The lowest BCUT2D eigenvalue weighted by molar-refractivity contribution is -0.139. The summed E-state index contributed by atoms with van der Waals surface area (Å²) < 4.78 is 25.1. The summed E-state index contributed by atoms with van der Waals surface area (Å²) in [5.74, 6) is 1.14. The van der Waals surface area contributed by atoms with Gasteiger partial charge in [-0.15, -0.1) is 0 Å². The Morgan fingerprint density at radius 3 is 2.35 bits per heavy atom. The van der Waals surface area contributed by atoms with Gasteiger partial charge in [-0.1, -0.05) is 17.4 Å². The van der Waals surface area contributed by atoms with Gasteiger partial charge in [0, 0.05) is 0 Å². The van der Waals surface area contributed by atoms with Gasteiger partial charge in [0.25, 0.3) is 5.56 Å². The van der Waals surface area contributed by atoms with Gasteiger partial charge in [-0.05, 0) is 87.2 Å². The molecule has 1 aliphatic heterocycles. The minimum absolute atomic E-state index is 0.194. The van der Waals surface area contributed by atoms with Crippen molar-refractivity contribution in [1.29, 1.82) is 0 Å². The Balaban J connectivity index is 1.96. The monoisotopic (exact) mass is 650 g/mol. The van der Waals surface area contributed by atoms with Crippen LogP contribution in [-0.2, 0) is 9.53 Å². The third-order valence-electron chi connectivity index (χ3n) is 5.76. The highest BCUT2D eigenvalue weighted by Crippen LogP contribution is 2.36. The van der Waals surface area contributed by atoms with E-state index in [-0.39, 0.29) is 12.2 Å². The number of nitrogens with zero attached hydrogens (tertiary/aromatic N) is 2. The number of halogens is 2. The molecule has 4 rings (SSSR count). The largest absolute Gasteiger partial charge is 0.494 e. The number of esters is 1. The summed E-state index contributed by atoms with van der Waals surface area (Å²) in [4.78, 5) is 32.0. The zero-order chi connectivity index (χ0) is 26.9. The van der Waals surface area contributed by atoms with Crippen LogP contribution in [0.4, 0.5) is 0 Å². The normalized spacial score (nSPS) is 15.2. The highest BCUT2D eigenvalue weighted by molar-refractivity contribution is 9.11. The summed E-state index contributed by atoms with van der Waals surface area (Å²) in [6.07, 6.45) is 1.79. The average Bonchev–Trinajstić information content (AvgIpc) is 3.16. The zero-order valence-corrected chi connectivity index (χ0v) is 24.7. The number of aromatic nitrogens is 1. The van der Waals surface area contributed by atoms with Crippen LogP contribution >= 0.6 is 43.2 Å². The van der Waals surface area contributed by atoms with Gasteiger partial charge >= 0.3 is 5.97 Å². The van der Waals surface area contributed by atoms with Crippen LogP contribution in [0.25, 0.3) is 6.08 Å². The second-order valence-electron chi connectivity index (χ2n) is 7.93. The molecule has 3 aromatic rings. The molecule has 0 bridgehead atoms. The van der Waals surface area contributed by atoms with Crippen molar-refractivity contribution in [3.63, 3.8) is 0 Å². The van der Waals surface area contributed by atoms with Crippen molar-refractivity contribution in [3.05, 3.63) is 81.4 Å². The third kappa shape index (κ3) is 5.12. The molecule has 0 aliphatic carbocycles. The number of carbonyl (C=O) groups is 1. The number of hydrogen-bond donors (Lipinski definition) is 0. The van der Waals surface area contributed by atoms with Crippen molar-refractivity contribution in [2.24, 2.45) is 4.99 Å². The molecular formula is C26H24Br2N2O6S. The molecule has 8 nitrogen and oxygen atoms in total. The smallest absolute Gasteiger partial charge is 0.338 e. The van der Waals surface area contributed by atoms with Crippen LogP contribution < -0.4 is 29.1 Å². The molecule has 1 aromatic heterocycles. The fourth-order valence-corrected chi connectivity index (χ4v) is 6.73. The number of methoxy groups -OCH3 is 3. The second-order valence-corrected chi connectivity index (χ2v) is 10.7. The molecule has 2 aromatic carbocycles. The maximum atomic E-state index is 13.8. The molecule has 0 amide bonds. The summed E-state index contributed by atoms with van der Waals surface area (Å²) >= 11 is 8.26. The number of ether oxygens (including phenoxy) is 4. The predicted octanol–water partition coefficient (Wildman–Crippen LogP) is 4.35. The lowest BCUT2D eigenvalue weighted by Gasteiger charge is -2.25.